The molecule has 0 spiro atoms. The second kappa shape index (κ2) is 3.63. The highest BCUT2D eigenvalue weighted by atomic mass is 19.2. The van der Waals surface area contributed by atoms with Crippen LogP contribution >= 0.6 is 0 Å². The molecule has 0 N–H and O–H groups in total. The van der Waals surface area contributed by atoms with E-state index in [1.54, 1.807) is 0 Å². The first kappa shape index (κ1) is 10.9. The molecule has 0 radical (unpaired) electrons. The van der Waals surface area contributed by atoms with Gasteiger partial charge in [-0.1, -0.05) is 0 Å². The summed E-state index contributed by atoms with van der Waals surface area (Å²) in [5.41, 5.74) is 0. The van der Waals surface area contributed by atoms with E-state index in [-0.39, 0.29) is 17.2 Å². The van der Waals surface area contributed by atoms with E-state index in [4.69, 9.17) is 9.47 Å². The van der Waals surface area contributed by atoms with E-state index in [9.17, 15) is 17.6 Å². The molecule has 0 fully saturated rings. The van der Waals surface area contributed by atoms with Gasteiger partial charge in [-0.3, -0.25) is 0 Å². The molecule has 18 heavy (non-hydrogen) atoms. The quantitative estimate of drug-likeness (QED) is 0.444. The van der Waals surface area contributed by atoms with Crippen LogP contribution in [0.15, 0.2) is 24.3 Å². The van der Waals surface area contributed by atoms with Crippen molar-refractivity contribution in [2.75, 3.05) is 0 Å². The monoisotopic (exact) mass is 256 g/mol. The summed E-state index contributed by atoms with van der Waals surface area (Å²) in [6, 6.07) is 3.91. The molecule has 2 nitrogen and oxygen atoms in total. The lowest BCUT2D eigenvalue weighted by atomic mass is 10.2. The standard InChI is InChI=1S/C12H4F4O2/c13-5-1-2-7-8(3-5)17-9-4-6(14)10(15)11(16)12(9)18-7/h1-4H. The third-order valence-electron chi connectivity index (χ3n) is 2.42. The van der Waals surface area contributed by atoms with Crippen LogP contribution in [0.3, 0.4) is 0 Å². The fourth-order valence-corrected chi connectivity index (χ4v) is 1.60. The number of rotatable bonds is 0. The van der Waals surface area contributed by atoms with Crippen LogP contribution in [0.1, 0.15) is 0 Å². The molecule has 0 aromatic heterocycles. The summed E-state index contributed by atoms with van der Waals surface area (Å²) in [5, 5.41) is 0. The maximum Gasteiger partial charge on any atom is 0.208 e. The Morgan fingerprint density at radius 2 is 1.50 bits per heavy atom. The lowest BCUT2D eigenvalue weighted by Crippen LogP contribution is -2.04. The van der Waals surface area contributed by atoms with Crippen LogP contribution in [-0.4, -0.2) is 0 Å². The minimum absolute atomic E-state index is 0.0220. The van der Waals surface area contributed by atoms with Gasteiger partial charge in [-0.15, -0.1) is 0 Å². The van der Waals surface area contributed by atoms with Gasteiger partial charge in [-0.05, 0) is 12.1 Å². The molecule has 0 saturated carbocycles. The Hall–Kier alpha value is -2.24. The smallest absolute Gasteiger partial charge is 0.208 e. The van der Waals surface area contributed by atoms with Crippen LogP contribution in [0, 0.1) is 23.3 Å². The van der Waals surface area contributed by atoms with E-state index < -0.39 is 29.0 Å². The van der Waals surface area contributed by atoms with Crippen LogP contribution in [0.2, 0.25) is 0 Å². The average Bonchev–Trinajstić information content (AvgIpc) is 2.34. The largest absolute Gasteiger partial charge is 0.449 e. The van der Waals surface area contributed by atoms with Gasteiger partial charge in [0.15, 0.2) is 28.9 Å². The molecule has 0 aliphatic carbocycles. The van der Waals surface area contributed by atoms with Gasteiger partial charge in [0.05, 0.1) is 0 Å². The summed E-state index contributed by atoms with van der Waals surface area (Å²) < 4.78 is 62.5. The molecule has 2 aromatic rings. The van der Waals surface area contributed by atoms with Crippen molar-refractivity contribution in [3.63, 3.8) is 0 Å². The van der Waals surface area contributed by atoms with Crippen LogP contribution in [0.5, 0.6) is 23.0 Å². The van der Waals surface area contributed by atoms with Crippen molar-refractivity contribution in [2.24, 2.45) is 0 Å². The number of ether oxygens (including phenoxy) is 2. The summed E-state index contributed by atoms with van der Waals surface area (Å²) in [6.45, 7) is 0. The number of benzene rings is 2. The maximum atomic E-state index is 13.4. The Morgan fingerprint density at radius 1 is 0.722 bits per heavy atom. The molecule has 1 heterocycles. The zero-order valence-corrected chi connectivity index (χ0v) is 8.64. The van der Waals surface area contributed by atoms with Gasteiger partial charge in [0.2, 0.25) is 11.6 Å². The lowest BCUT2D eigenvalue weighted by Gasteiger charge is -2.21. The highest BCUT2D eigenvalue weighted by Gasteiger charge is 2.27. The highest BCUT2D eigenvalue weighted by molar-refractivity contribution is 5.55. The summed E-state index contributed by atoms with van der Waals surface area (Å²) in [7, 11) is 0. The summed E-state index contributed by atoms with van der Waals surface area (Å²) in [4.78, 5) is 0. The predicted molar refractivity (Wildman–Crippen MR) is 52.9 cm³/mol. The first-order valence-electron chi connectivity index (χ1n) is 4.89. The van der Waals surface area contributed by atoms with Crippen LogP contribution in [0.4, 0.5) is 17.6 Å². The number of halogens is 4. The average molecular weight is 256 g/mol. The normalized spacial score (nSPS) is 12.2. The van der Waals surface area contributed by atoms with Crippen molar-refractivity contribution >= 4 is 0 Å². The third-order valence-corrected chi connectivity index (χ3v) is 2.42. The Labute approximate surface area is 98.4 Å². The van der Waals surface area contributed by atoms with Crippen molar-refractivity contribution in [3.05, 3.63) is 47.5 Å². The molecule has 1 aliphatic heterocycles. The lowest BCUT2D eigenvalue weighted by molar-refractivity contribution is 0.322. The van der Waals surface area contributed by atoms with E-state index in [0.717, 1.165) is 12.1 Å². The Morgan fingerprint density at radius 3 is 2.28 bits per heavy atom. The third kappa shape index (κ3) is 1.49. The zero-order valence-electron chi connectivity index (χ0n) is 8.64. The van der Waals surface area contributed by atoms with Crippen molar-refractivity contribution in [1.82, 2.24) is 0 Å². The molecule has 0 amide bonds. The van der Waals surface area contributed by atoms with E-state index in [1.807, 2.05) is 0 Å². The van der Waals surface area contributed by atoms with Crippen molar-refractivity contribution in [1.29, 1.82) is 0 Å². The van der Waals surface area contributed by atoms with Crippen molar-refractivity contribution in [3.8, 4) is 23.0 Å². The zero-order chi connectivity index (χ0) is 12.9. The van der Waals surface area contributed by atoms with Crippen LogP contribution in [0.25, 0.3) is 0 Å². The van der Waals surface area contributed by atoms with E-state index >= 15 is 0 Å². The molecule has 0 unspecified atom stereocenters. The predicted octanol–water partition coefficient (Wildman–Crippen LogP) is 4.14. The second-order valence-corrected chi connectivity index (χ2v) is 3.61. The summed E-state index contributed by atoms with van der Waals surface area (Å²) in [6.07, 6.45) is 0. The molecule has 2 aromatic carbocycles. The molecule has 0 saturated heterocycles. The van der Waals surface area contributed by atoms with Gasteiger partial charge >= 0.3 is 0 Å². The summed E-state index contributed by atoms with van der Waals surface area (Å²) >= 11 is 0. The first-order chi connectivity index (χ1) is 8.56. The molecule has 6 heteroatoms. The Kier molecular flexibility index (Phi) is 2.19. The maximum absolute atomic E-state index is 13.4. The molecular formula is C12H4F4O2. The Bertz CT molecular complexity index is 655. The van der Waals surface area contributed by atoms with Gasteiger partial charge < -0.3 is 9.47 Å². The van der Waals surface area contributed by atoms with E-state index in [2.05, 4.69) is 0 Å². The van der Waals surface area contributed by atoms with Crippen LogP contribution < -0.4 is 9.47 Å². The van der Waals surface area contributed by atoms with Gasteiger partial charge in [0.25, 0.3) is 0 Å². The van der Waals surface area contributed by atoms with E-state index in [1.165, 1.54) is 6.07 Å². The minimum atomic E-state index is -1.65. The molecule has 1 aliphatic rings. The van der Waals surface area contributed by atoms with Gasteiger partial charge in [0, 0.05) is 12.1 Å². The topological polar surface area (TPSA) is 18.5 Å². The minimum Gasteiger partial charge on any atom is -0.449 e. The van der Waals surface area contributed by atoms with Gasteiger partial charge in [-0.2, -0.15) is 4.39 Å². The number of hydrogen-bond donors (Lipinski definition) is 0. The summed E-state index contributed by atoms with van der Waals surface area (Å²) in [5.74, 6) is -6.05. The van der Waals surface area contributed by atoms with Gasteiger partial charge in [-0.25, -0.2) is 13.2 Å². The second-order valence-electron chi connectivity index (χ2n) is 3.61. The number of fused-ring (bicyclic) bond motifs is 2. The molecule has 0 atom stereocenters. The van der Waals surface area contributed by atoms with Crippen molar-refractivity contribution in [2.45, 2.75) is 0 Å². The van der Waals surface area contributed by atoms with Gasteiger partial charge in [0.1, 0.15) is 5.82 Å². The fraction of sp³-hybridized carbons (Fsp3) is 0. The number of hydrogen-bond acceptors (Lipinski definition) is 2. The fourth-order valence-electron chi connectivity index (χ4n) is 1.60. The Balaban J connectivity index is 2.16. The SMILES string of the molecule is Fc1ccc2c(c1)Oc1cc(F)c(F)c(F)c1O2. The van der Waals surface area contributed by atoms with Crippen molar-refractivity contribution < 1.29 is 27.0 Å². The highest BCUT2D eigenvalue weighted by Crippen LogP contribution is 2.47. The molecule has 92 valence electrons. The first-order valence-corrected chi connectivity index (χ1v) is 4.89. The molecular weight excluding hydrogens is 252 g/mol. The molecule has 0 bridgehead atoms. The van der Waals surface area contributed by atoms with Crippen LogP contribution in [-0.2, 0) is 0 Å². The molecule has 3 rings (SSSR count). The van der Waals surface area contributed by atoms with E-state index in [0.29, 0.717) is 6.07 Å².